The first kappa shape index (κ1) is 12.5. The van der Waals surface area contributed by atoms with Gasteiger partial charge in [0.25, 0.3) is 0 Å². The van der Waals surface area contributed by atoms with Gasteiger partial charge in [0.1, 0.15) is 6.04 Å². The summed E-state index contributed by atoms with van der Waals surface area (Å²) in [7, 11) is 0. The summed E-state index contributed by atoms with van der Waals surface area (Å²) in [6.45, 7) is 1.60. The lowest BCUT2D eigenvalue weighted by Crippen LogP contribution is -2.46. The van der Waals surface area contributed by atoms with E-state index in [1.54, 1.807) is 11.8 Å². The van der Waals surface area contributed by atoms with Crippen LogP contribution in [0.15, 0.2) is 24.3 Å². The lowest BCUT2D eigenvalue weighted by atomic mass is 9.94. The quantitative estimate of drug-likeness (QED) is 0.887. The molecule has 0 bridgehead atoms. The van der Waals surface area contributed by atoms with E-state index in [1.807, 2.05) is 24.5 Å². The fourth-order valence-corrected chi connectivity index (χ4v) is 2.68. The van der Waals surface area contributed by atoms with Crippen molar-refractivity contribution >= 4 is 17.7 Å². The van der Waals surface area contributed by atoms with Crippen LogP contribution in [0.1, 0.15) is 11.1 Å². The van der Waals surface area contributed by atoms with Gasteiger partial charge in [0.05, 0.1) is 0 Å². The molecular weight excluding hydrogens is 234 g/mol. The Balaban J connectivity index is 2.18. The van der Waals surface area contributed by atoms with E-state index in [1.165, 1.54) is 11.1 Å². The molecule has 4 heteroatoms. The van der Waals surface area contributed by atoms with Gasteiger partial charge in [-0.2, -0.15) is 11.8 Å². The molecule has 0 aromatic heterocycles. The summed E-state index contributed by atoms with van der Waals surface area (Å²) in [5.41, 5.74) is 2.45. The molecule has 1 N–H and O–H groups in total. The lowest BCUT2D eigenvalue weighted by Gasteiger charge is -2.34. The van der Waals surface area contributed by atoms with Crippen LogP contribution in [0.25, 0.3) is 0 Å². The smallest absolute Gasteiger partial charge is 0.321 e. The first-order chi connectivity index (χ1) is 8.22. The Morgan fingerprint density at radius 3 is 2.82 bits per heavy atom. The Kier molecular flexibility index (Phi) is 4.07. The van der Waals surface area contributed by atoms with Crippen molar-refractivity contribution in [2.75, 3.05) is 18.6 Å². The lowest BCUT2D eigenvalue weighted by molar-refractivity contribution is -0.143. The van der Waals surface area contributed by atoms with E-state index in [2.05, 4.69) is 11.0 Å². The molecule has 0 spiro atoms. The third kappa shape index (κ3) is 2.82. The van der Waals surface area contributed by atoms with Gasteiger partial charge in [-0.05, 0) is 23.8 Å². The summed E-state index contributed by atoms with van der Waals surface area (Å²) in [6, 6.07) is 7.77. The van der Waals surface area contributed by atoms with Crippen molar-refractivity contribution < 1.29 is 9.90 Å². The molecule has 17 heavy (non-hydrogen) atoms. The van der Waals surface area contributed by atoms with Gasteiger partial charge in [0, 0.05) is 18.8 Å². The molecule has 1 atom stereocenters. The van der Waals surface area contributed by atoms with Crippen LogP contribution in [0.3, 0.4) is 0 Å². The van der Waals surface area contributed by atoms with Crippen molar-refractivity contribution in [3.63, 3.8) is 0 Å². The molecule has 0 aliphatic carbocycles. The Bertz CT molecular complexity index is 408. The minimum absolute atomic E-state index is 0.364. The van der Waals surface area contributed by atoms with Crippen molar-refractivity contribution in [3.8, 4) is 0 Å². The number of carboxylic acid groups (broad SMARTS) is 1. The fourth-order valence-electron chi connectivity index (χ4n) is 2.26. The maximum Gasteiger partial charge on any atom is 0.321 e. The number of carbonyl (C=O) groups is 1. The summed E-state index contributed by atoms with van der Waals surface area (Å²) in [5, 5.41) is 9.29. The summed E-state index contributed by atoms with van der Waals surface area (Å²) in [4.78, 5) is 13.4. The molecule has 1 aliphatic rings. The van der Waals surface area contributed by atoms with E-state index in [9.17, 15) is 9.90 Å². The highest BCUT2D eigenvalue weighted by Crippen LogP contribution is 2.23. The maximum absolute atomic E-state index is 11.3. The zero-order valence-electron chi connectivity index (χ0n) is 9.93. The minimum atomic E-state index is -0.708. The van der Waals surface area contributed by atoms with Crippen molar-refractivity contribution in [3.05, 3.63) is 35.4 Å². The predicted molar refractivity (Wildman–Crippen MR) is 70.4 cm³/mol. The molecule has 2 rings (SSSR count). The van der Waals surface area contributed by atoms with Crippen LogP contribution >= 0.6 is 11.8 Å². The van der Waals surface area contributed by atoms with Gasteiger partial charge in [0.2, 0.25) is 0 Å². The molecule has 0 radical (unpaired) electrons. The number of thioether (sulfide) groups is 1. The zero-order valence-corrected chi connectivity index (χ0v) is 10.7. The molecule has 1 aromatic rings. The van der Waals surface area contributed by atoms with Gasteiger partial charge < -0.3 is 5.11 Å². The van der Waals surface area contributed by atoms with Crippen LogP contribution in [-0.4, -0.2) is 40.6 Å². The second-order valence-electron chi connectivity index (χ2n) is 4.29. The number of hydrogen-bond donors (Lipinski definition) is 1. The molecule has 1 aliphatic heterocycles. The summed E-state index contributed by atoms with van der Waals surface area (Å²) >= 11 is 1.76. The highest BCUT2D eigenvalue weighted by molar-refractivity contribution is 7.98. The molecule has 1 heterocycles. The van der Waals surface area contributed by atoms with Crippen LogP contribution < -0.4 is 0 Å². The van der Waals surface area contributed by atoms with E-state index in [-0.39, 0.29) is 6.04 Å². The molecule has 92 valence electrons. The molecule has 1 unspecified atom stereocenters. The van der Waals surface area contributed by atoms with Crippen molar-refractivity contribution in [2.24, 2.45) is 0 Å². The monoisotopic (exact) mass is 251 g/mol. The zero-order chi connectivity index (χ0) is 12.3. The summed E-state index contributed by atoms with van der Waals surface area (Å²) in [5.74, 6) is 0.270. The standard InChI is InChI=1S/C13H17NO2S/c1-17-7-6-14-9-11-5-3-2-4-10(11)8-12(14)13(15)16/h2-5,12H,6-9H2,1H3,(H,15,16). The fraction of sp³-hybridized carbons (Fsp3) is 0.462. The van der Waals surface area contributed by atoms with Crippen molar-refractivity contribution in [1.29, 1.82) is 0 Å². The van der Waals surface area contributed by atoms with Crippen LogP contribution in [0, 0.1) is 0 Å². The van der Waals surface area contributed by atoms with Crippen LogP contribution in [0.5, 0.6) is 0 Å². The number of rotatable bonds is 4. The average Bonchev–Trinajstić information content (AvgIpc) is 2.35. The average molecular weight is 251 g/mol. The molecule has 0 amide bonds. The molecule has 0 saturated carbocycles. The Morgan fingerprint density at radius 1 is 1.47 bits per heavy atom. The van der Waals surface area contributed by atoms with E-state index >= 15 is 0 Å². The van der Waals surface area contributed by atoms with Gasteiger partial charge in [-0.15, -0.1) is 0 Å². The van der Waals surface area contributed by atoms with Gasteiger partial charge in [-0.1, -0.05) is 24.3 Å². The first-order valence-electron chi connectivity index (χ1n) is 5.75. The topological polar surface area (TPSA) is 40.5 Å². The highest BCUT2D eigenvalue weighted by atomic mass is 32.2. The first-order valence-corrected chi connectivity index (χ1v) is 7.14. The number of benzene rings is 1. The van der Waals surface area contributed by atoms with Gasteiger partial charge >= 0.3 is 5.97 Å². The second-order valence-corrected chi connectivity index (χ2v) is 5.28. The van der Waals surface area contributed by atoms with Crippen LogP contribution in [0.4, 0.5) is 0 Å². The highest BCUT2D eigenvalue weighted by Gasteiger charge is 2.30. The molecule has 3 nitrogen and oxygen atoms in total. The third-order valence-corrected chi connectivity index (χ3v) is 3.80. The Hall–Kier alpha value is -1.00. The number of aliphatic carboxylic acids is 1. The van der Waals surface area contributed by atoms with Crippen LogP contribution in [0.2, 0.25) is 0 Å². The van der Waals surface area contributed by atoms with Gasteiger partial charge in [-0.3, -0.25) is 9.69 Å². The SMILES string of the molecule is CSCCN1Cc2ccccc2CC1C(=O)O. The van der Waals surface area contributed by atoms with E-state index < -0.39 is 5.97 Å². The summed E-state index contributed by atoms with van der Waals surface area (Å²) in [6.07, 6.45) is 2.67. The molecule has 1 aromatic carbocycles. The predicted octanol–water partition coefficient (Wildman–Crippen LogP) is 1.86. The van der Waals surface area contributed by atoms with Crippen molar-refractivity contribution in [1.82, 2.24) is 4.90 Å². The third-order valence-electron chi connectivity index (χ3n) is 3.21. The van der Waals surface area contributed by atoms with Gasteiger partial charge in [0.15, 0.2) is 0 Å². The van der Waals surface area contributed by atoms with E-state index in [4.69, 9.17) is 0 Å². The number of nitrogens with zero attached hydrogens (tertiary/aromatic N) is 1. The Labute approximate surface area is 106 Å². The van der Waals surface area contributed by atoms with Gasteiger partial charge in [-0.25, -0.2) is 0 Å². The molecule has 0 fully saturated rings. The summed E-state index contributed by atoms with van der Waals surface area (Å²) < 4.78 is 0. The number of fused-ring (bicyclic) bond motifs is 1. The van der Waals surface area contributed by atoms with E-state index in [0.29, 0.717) is 6.42 Å². The maximum atomic E-state index is 11.3. The molecular formula is C13H17NO2S. The largest absolute Gasteiger partial charge is 0.480 e. The van der Waals surface area contributed by atoms with Crippen LogP contribution in [-0.2, 0) is 17.8 Å². The second kappa shape index (κ2) is 5.56. The van der Waals surface area contributed by atoms with E-state index in [0.717, 1.165) is 18.8 Å². The minimum Gasteiger partial charge on any atom is -0.480 e. The number of hydrogen-bond acceptors (Lipinski definition) is 3. The Morgan fingerprint density at radius 2 is 2.18 bits per heavy atom. The number of carboxylic acids is 1. The molecule has 0 saturated heterocycles. The van der Waals surface area contributed by atoms with Crippen molar-refractivity contribution in [2.45, 2.75) is 19.0 Å². The normalized spacial score (nSPS) is 19.9.